The second kappa shape index (κ2) is 10.5. The highest BCUT2D eigenvalue weighted by molar-refractivity contribution is 7.09. The Balaban J connectivity index is 2.21. The predicted molar refractivity (Wildman–Crippen MR) is 77.4 cm³/mol. The van der Waals surface area contributed by atoms with Crippen LogP contribution in [0, 0.1) is 0 Å². The Hall–Kier alpha value is -0.420. The van der Waals surface area contributed by atoms with E-state index >= 15 is 0 Å². The SMILES string of the molecule is CCCNC(CCc1cccs1)COCCOC. The van der Waals surface area contributed by atoms with Gasteiger partial charge in [-0.1, -0.05) is 13.0 Å². The van der Waals surface area contributed by atoms with E-state index in [-0.39, 0.29) is 0 Å². The maximum Gasteiger partial charge on any atom is 0.0701 e. The molecule has 4 heteroatoms. The van der Waals surface area contributed by atoms with E-state index in [1.54, 1.807) is 7.11 Å². The van der Waals surface area contributed by atoms with Crippen LogP contribution < -0.4 is 5.32 Å². The van der Waals surface area contributed by atoms with Gasteiger partial charge in [0.05, 0.1) is 19.8 Å². The first kappa shape index (κ1) is 15.6. The topological polar surface area (TPSA) is 30.5 Å². The molecule has 0 aromatic carbocycles. The molecule has 1 aromatic rings. The number of ether oxygens (including phenoxy) is 2. The number of nitrogens with one attached hydrogen (secondary N) is 1. The van der Waals surface area contributed by atoms with Gasteiger partial charge in [-0.15, -0.1) is 11.3 Å². The predicted octanol–water partition coefficient (Wildman–Crippen LogP) is 2.71. The van der Waals surface area contributed by atoms with Crippen LogP contribution in [0.2, 0.25) is 0 Å². The molecule has 1 atom stereocenters. The molecule has 0 spiro atoms. The summed E-state index contributed by atoms with van der Waals surface area (Å²) in [6.45, 7) is 5.37. The van der Waals surface area contributed by atoms with E-state index < -0.39 is 0 Å². The van der Waals surface area contributed by atoms with Crippen LogP contribution in [-0.4, -0.2) is 39.5 Å². The van der Waals surface area contributed by atoms with Crippen molar-refractivity contribution in [3.05, 3.63) is 22.4 Å². The Morgan fingerprint density at radius 3 is 2.94 bits per heavy atom. The summed E-state index contributed by atoms with van der Waals surface area (Å²) in [5, 5.41) is 5.69. The lowest BCUT2D eigenvalue weighted by Gasteiger charge is -2.18. The Morgan fingerprint density at radius 2 is 2.28 bits per heavy atom. The molecule has 1 unspecified atom stereocenters. The molecule has 0 radical (unpaired) electrons. The molecule has 1 aromatic heterocycles. The van der Waals surface area contributed by atoms with Gasteiger partial charge in [-0.05, 0) is 37.3 Å². The zero-order chi connectivity index (χ0) is 13.1. The summed E-state index contributed by atoms with van der Waals surface area (Å²) >= 11 is 1.83. The number of thiophene rings is 1. The van der Waals surface area contributed by atoms with Gasteiger partial charge in [-0.2, -0.15) is 0 Å². The Morgan fingerprint density at radius 1 is 1.39 bits per heavy atom. The third-order valence-electron chi connectivity index (χ3n) is 2.75. The summed E-state index contributed by atoms with van der Waals surface area (Å²) in [5.41, 5.74) is 0. The number of methoxy groups -OCH3 is 1. The molecular formula is C14H25NO2S. The molecule has 0 bridgehead atoms. The number of aryl methyl sites for hydroxylation is 1. The van der Waals surface area contributed by atoms with Crippen LogP contribution in [0.4, 0.5) is 0 Å². The molecule has 1 rings (SSSR count). The van der Waals surface area contributed by atoms with Crippen molar-refractivity contribution < 1.29 is 9.47 Å². The fourth-order valence-electron chi connectivity index (χ4n) is 1.73. The van der Waals surface area contributed by atoms with Gasteiger partial charge >= 0.3 is 0 Å². The van der Waals surface area contributed by atoms with E-state index in [0.29, 0.717) is 19.3 Å². The van der Waals surface area contributed by atoms with Crippen molar-refractivity contribution in [2.45, 2.75) is 32.2 Å². The second-order valence-corrected chi connectivity index (χ2v) is 5.37. The fourth-order valence-corrected chi connectivity index (χ4v) is 2.46. The van der Waals surface area contributed by atoms with Gasteiger partial charge in [0.25, 0.3) is 0 Å². The summed E-state index contributed by atoms with van der Waals surface area (Å²) in [4.78, 5) is 1.45. The minimum atomic E-state index is 0.448. The molecule has 18 heavy (non-hydrogen) atoms. The lowest BCUT2D eigenvalue weighted by Crippen LogP contribution is -2.34. The summed E-state index contributed by atoms with van der Waals surface area (Å²) in [6, 6.07) is 4.76. The smallest absolute Gasteiger partial charge is 0.0701 e. The molecule has 1 N–H and O–H groups in total. The van der Waals surface area contributed by atoms with Crippen LogP contribution in [0.5, 0.6) is 0 Å². The molecule has 1 heterocycles. The van der Waals surface area contributed by atoms with Gasteiger partial charge in [0.2, 0.25) is 0 Å². The summed E-state index contributed by atoms with van der Waals surface area (Å²) in [6.07, 6.45) is 3.42. The Labute approximate surface area is 114 Å². The van der Waals surface area contributed by atoms with E-state index in [9.17, 15) is 0 Å². The lowest BCUT2D eigenvalue weighted by atomic mass is 10.1. The molecule has 0 saturated heterocycles. The van der Waals surface area contributed by atoms with Crippen molar-refractivity contribution in [1.82, 2.24) is 5.32 Å². The van der Waals surface area contributed by atoms with Gasteiger partial charge in [0, 0.05) is 18.0 Å². The van der Waals surface area contributed by atoms with Crippen molar-refractivity contribution in [1.29, 1.82) is 0 Å². The van der Waals surface area contributed by atoms with Crippen LogP contribution in [0.3, 0.4) is 0 Å². The summed E-state index contributed by atoms with van der Waals surface area (Å²) in [7, 11) is 1.70. The first-order valence-electron chi connectivity index (χ1n) is 6.69. The second-order valence-electron chi connectivity index (χ2n) is 4.34. The molecule has 3 nitrogen and oxygen atoms in total. The molecule has 0 fully saturated rings. The standard InChI is InChI=1S/C14H25NO2S/c1-3-8-15-13(12-17-10-9-16-2)6-7-14-5-4-11-18-14/h4-5,11,13,15H,3,6-10,12H2,1-2H3. The van der Waals surface area contributed by atoms with Crippen molar-refractivity contribution >= 4 is 11.3 Å². The highest BCUT2D eigenvalue weighted by Crippen LogP contribution is 2.12. The first-order chi connectivity index (χ1) is 8.86. The molecule has 0 aliphatic carbocycles. The normalized spacial score (nSPS) is 12.8. The van der Waals surface area contributed by atoms with Crippen molar-refractivity contribution in [2.24, 2.45) is 0 Å². The molecule has 0 aliphatic rings. The van der Waals surface area contributed by atoms with Crippen molar-refractivity contribution in [2.75, 3.05) is 33.5 Å². The van der Waals surface area contributed by atoms with Crippen molar-refractivity contribution in [3.8, 4) is 0 Å². The first-order valence-corrected chi connectivity index (χ1v) is 7.57. The monoisotopic (exact) mass is 271 g/mol. The number of hydrogen-bond acceptors (Lipinski definition) is 4. The van der Waals surface area contributed by atoms with E-state index in [1.165, 1.54) is 4.88 Å². The van der Waals surface area contributed by atoms with Gasteiger partial charge in [0.15, 0.2) is 0 Å². The quantitative estimate of drug-likeness (QED) is 0.628. The summed E-state index contributed by atoms with van der Waals surface area (Å²) < 4.78 is 10.6. The highest BCUT2D eigenvalue weighted by atomic mass is 32.1. The Bertz CT molecular complexity index is 277. The van der Waals surface area contributed by atoms with Crippen LogP contribution >= 0.6 is 11.3 Å². The third kappa shape index (κ3) is 7.11. The third-order valence-corrected chi connectivity index (χ3v) is 3.69. The zero-order valence-corrected chi connectivity index (χ0v) is 12.3. The minimum Gasteiger partial charge on any atom is -0.382 e. The molecular weight excluding hydrogens is 246 g/mol. The Kier molecular flexibility index (Phi) is 9.12. The molecule has 0 aliphatic heterocycles. The van der Waals surface area contributed by atoms with Gasteiger partial charge < -0.3 is 14.8 Å². The van der Waals surface area contributed by atoms with Gasteiger partial charge in [0.1, 0.15) is 0 Å². The van der Waals surface area contributed by atoms with Gasteiger partial charge in [-0.3, -0.25) is 0 Å². The maximum atomic E-state index is 5.62. The fraction of sp³-hybridized carbons (Fsp3) is 0.714. The highest BCUT2D eigenvalue weighted by Gasteiger charge is 2.08. The lowest BCUT2D eigenvalue weighted by molar-refractivity contribution is 0.0576. The van der Waals surface area contributed by atoms with Crippen LogP contribution in [0.1, 0.15) is 24.6 Å². The molecule has 0 amide bonds. The number of rotatable bonds is 11. The molecule has 0 saturated carbocycles. The van der Waals surface area contributed by atoms with E-state index in [2.05, 4.69) is 29.8 Å². The largest absolute Gasteiger partial charge is 0.382 e. The van der Waals surface area contributed by atoms with Crippen LogP contribution in [-0.2, 0) is 15.9 Å². The van der Waals surface area contributed by atoms with Gasteiger partial charge in [-0.25, -0.2) is 0 Å². The number of hydrogen-bond donors (Lipinski definition) is 1. The minimum absolute atomic E-state index is 0.448. The average molecular weight is 271 g/mol. The van der Waals surface area contributed by atoms with E-state index in [4.69, 9.17) is 9.47 Å². The molecule has 104 valence electrons. The summed E-state index contributed by atoms with van der Waals surface area (Å²) in [5.74, 6) is 0. The van der Waals surface area contributed by atoms with Crippen LogP contribution in [0.25, 0.3) is 0 Å². The zero-order valence-electron chi connectivity index (χ0n) is 11.5. The maximum absolute atomic E-state index is 5.62. The van der Waals surface area contributed by atoms with Crippen LogP contribution in [0.15, 0.2) is 17.5 Å². The van der Waals surface area contributed by atoms with E-state index in [1.807, 2.05) is 11.3 Å². The van der Waals surface area contributed by atoms with E-state index in [0.717, 1.165) is 32.4 Å². The van der Waals surface area contributed by atoms with Crippen molar-refractivity contribution in [3.63, 3.8) is 0 Å². The average Bonchev–Trinajstić information content (AvgIpc) is 2.90.